The van der Waals surface area contributed by atoms with Gasteiger partial charge in [0.25, 0.3) is 0 Å². The summed E-state index contributed by atoms with van der Waals surface area (Å²) in [5.41, 5.74) is -0.872. The van der Waals surface area contributed by atoms with Crippen molar-refractivity contribution < 1.29 is 28.2 Å². The minimum Gasteiger partial charge on any atom is -0.465 e. The molecule has 1 saturated carbocycles. The second-order valence-corrected chi connectivity index (χ2v) is 6.55. The number of hydrogen-bond acceptors (Lipinski definition) is 5. The number of rotatable bonds is 7. The van der Waals surface area contributed by atoms with Crippen molar-refractivity contribution in [1.82, 2.24) is 0 Å². The number of esters is 2. The van der Waals surface area contributed by atoms with E-state index in [4.69, 9.17) is 9.47 Å². The molecule has 1 aliphatic carbocycles. The van der Waals surface area contributed by atoms with Gasteiger partial charge in [0.15, 0.2) is 11.2 Å². The van der Waals surface area contributed by atoms with Gasteiger partial charge in [0.05, 0.1) is 19.1 Å². The zero-order valence-corrected chi connectivity index (χ0v) is 15.7. The number of halogens is 1. The van der Waals surface area contributed by atoms with Gasteiger partial charge in [-0.3, -0.25) is 14.4 Å². The zero-order chi connectivity index (χ0) is 20.3. The molecule has 0 aliphatic heterocycles. The van der Waals surface area contributed by atoms with E-state index in [1.807, 2.05) is 0 Å². The van der Waals surface area contributed by atoms with Crippen molar-refractivity contribution >= 4 is 17.7 Å². The Balaban J connectivity index is 2.11. The van der Waals surface area contributed by atoms with Crippen LogP contribution in [0, 0.1) is 17.2 Å². The maximum absolute atomic E-state index is 13.4. The van der Waals surface area contributed by atoms with E-state index in [-0.39, 0.29) is 19.0 Å². The molecule has 0 heterocycles. The Morgan fingerprint density at radius 2 is 1.43 bits per heavy atom. The van der Waals surface area contributed by atoms with Crippen LogP contribution in [0.4, 0.5) is 4.39 Å². The molecule has 146 valence electrons. The van der Waals surface area contributed by atoms with E-state index in [9.17, 15) is 18.8 Å². The van der Waals surface area contributed by atoms with E-state index in [2.05, 4.69) is 0 Å². The van der Waals surface area contributed by atoms with Crippen LogP contribution < -0.4 is 0 Å². The van der Waals surface area contributed by atoms with E-state index < -0.39 is 35.0 Å². The summed E-state index contributed by atoms with van der Waals surface area (Å²) in [6.45, 7) is 3.37. The molecule has 28 heavy (non-hydrogen) atoms. The Labute approximate surface area is 162 Å². The van der Waals surface area contributed by atoms with Crippen LogP contribution in [-0.4, -0.2) is 30.9 Å². The maximum Gasteiger partial charge on any atom is 0.324 e. The highest BCUT2D eigenvalue weighted by Crippen LogP contribution is 2.67. The van der Waals surface area contributed by atoms with E-state index in [1.165, 1.54) is 24.3 Å². The van der Waals surface area contributed by atoms with Crippen LogP contribution in [0.2, 0.25) is 0 Å². The quantitative estimate of drug-likeness (QED) is 0.415. The third-order valence-corrected chi connectivity index (χ3v) is 5.00. The summed E-state index contributed by atoms with van der Waals surface area (Å²) in [6, 6.07) is 13.9. The molecule has 0 spiro atoms. The lowest BCUT2D eigenvalue weighted by molar-refractivity contribution is -0.165. The number of carbonyl (C=O) groups excluding carboxylic acids is 3. The summed E-state index contributed by atoms with van der Waals surface area (Å²) in [6.07, 6.45) is 0. The number of hydrogen-bond donors (Lipinski definition) is 0. The molecular formula is C22H21FO5. The summed E-state index contributed by atoms with van der Waals surface area (Å²) in [5, 5.41) is 0. The average Bonchev–Trinajstić information content (AvgIpc) is 3.40. The van der Waals surface area contributed by atoms with Gasteiger partial charge < -0.3 is 9.47 Å². The number of carbonyl (C=O) groups is 3. The zero-order valence-electron chi connectivity index (χ0n) is 15.7. The molecule has 0 bridgehead atoms. The smallest absolute Gasteiger partial charge is 0.324 e. The first-order valence-corrected chi connectivity index (χ1v) is 9.17. The largest absolute Gasteiger partial charge is 0.465 e. The van der Waals surface area contributed by atoms with Gasteiger partial charge in [-0.05, 0) is 31.5 Å². The highest BCUT2D eigenvalue weighted by molar-refractivity contribution is 6.16. The van der Waals surface area contributed by atoms with Gasteiger partial charge in [-0.15, -0.1) is 0 Å². The highest BCUT2D eigenvalue weighted by Gasteiger charge is 2.79. The van der Waals surface area contributed by atoms with E-state index in [1.54, 1.807) is 44.2 Å². The normalized spacial score (nSPS) is 19.5. The van der Waals surface area contributed by atoms with Gasteiger partial charge in [0, 0.05) is 11.5 Å². The molecular weight excluding hydrogens is 363 g/mol. The van der Waals surface area contributed by atoms with Crippen LogP contribution in [0.1, 0.15) is 35.7 Å². The third-order valence-electron chi connectivity index (χ3n) is 5.00. The molecule has 3 rings (SSSR count). The number of benzene rings is 2. The van der Waals surface area contributed by atoms with E-state index in [0.29, 0.717) is 11.1 Å². The average molecular weight is 384 g/mol. The Morgan fingerprint density at radius 1 is 0.893 bits per heavy atom. The lowest BCUT2D eigenvalue weighted by Gasteiger charge is -2.15. The second kappa shape index (κ2) is 7.92. The minimum absolute atomic E-state index is 0.0579. The molecule has 0 saturated heterocycles. The van der Waals surface area contributed by atoms with E-state index >= 15 is 0 Å². The monoisotopic (exact) mass is 384 g/mol. The first-order valence-electron chi connectivity index (χ1n) is 9.17. The fraction of sp³-hybridized carbons (Fsp3) is 0.318. The van der Waals surface area contributed by atoms with Gasteiger partial charge in [-0.25, -0.2) is 4.39 Å². The molecule has 0 amide bonds. The lowest BCUT2D eigenvalue weighted by Crippen LogP contribution is -2.34. The fourth-order valence-corrected chi connectivity index (χ4v) is 3.75. The van der Waals surface area contributed by atoms with Gasteiger partial charge in [-0.1, -0.05) is 42.5 Å². The highest BCUT2D eigenvalue weighted by atomic mass is 19.1. The third kappa shape index (κ3) is 3.19. The summed E-state index contributed by atoms with van der Waals surface area (Å²) in [4.78, 5) is 39.0. The molecule has 2 aromatic carbocycles. The molecule has 0 aromatic heterocycles. The predicted molar refractivity (Wildman–Crippen MR) is 99.1 cm³/mol. The first kappa shape index (κ1) is 19.7. The SMILES string of the molecule is CCOC(=O)C1(C(=O)OCC)[C@H](C(=O)c2ccccc2)[C@H]1c1ccc(F)cc1. The molecule has 0 unspecified atom stereocenters. The van der Waals surface area contributed by atoms with E-state index in [0.717, 1.165) is 0 Å². The van der Waals surface area contributed by atoms with Gasteiger partial charge in [-0.2, -0.15) is 0 Å². The van der Waals surface area contributed by atoms with Crippen molar-refractivity contribution in [3.8, 4) is 0 Å². The lowest BCUT2D eigenvalue weighted by atomic mass is 9.97. The van der Waals surface area contributed by atoms with Crippen molar-refractivity contribution in [3.63, 3.8) is 0 Å². The fourth-order valence-electron chi connectivity index (χ4n) is 3.75. The Hall–Kier alpha value is -3.02. The van der Waals surface area contributed by atoms with Crippen molar-refractivity contribution in [1.29, 1.82) is 0 Å². The molecule has 0 N–H and O–H groups in total. The van der Waals surface area contributed by atoms with Gasteiger partial charge in [0.2, 0.25) is 0 Å². The molecule has 5 nitrogen and oxygen atoms in total. The molecule has 2 atom stereocenters. The molecule has 2 aromatic rings. The van der Waals surface area contributed by atoms with Crippen LogP contribution in [0.25, 0.3) is 0 Å². The summed E-state index contributed by atoms with van der Waals surface area (Å²) in [7, 11) is 0. The summed E-state index contributed by atoms with van der Waals surface area (Å²) in [5.74, 6) is -4.14. The summed E-state index contributed by atoms with van der Waals surface area (Å²) >= 11 is 0. The Morgan fingerprint density at radius 3 is 1.93 bits per heavy atom. The Kier molecular flexibility index (Phi) is 5.58. The molecule has 1 fully saturated rings. The molecule has 6 heteroatoms. The molecule has 0 radical (unpaired) electrons. The van der Waals surface area contributed by atoms with Crippen molar-refractivity contribution in [2.75, 3.05) is 13.2 Å². The van der Waals surface area contributed by atoms with Crippen LogP contribution in [0.3, 0.4) is 0 Å². The van der Waals surface area contributed by atoms with Crippen LogP contribution in [0.5, 0.6) is 0 Å². The van der Waals surface area contributed by atoms with Gasteiger partial charge in [0.1, 0.15) is 5.82 Å². The van der Waals surface area contributed by atoms with Crippen LogP contribution in [-0.2, 0) is 19.1 Å². The summed E-state index contributed by atoms with van der Waals surface area (Å²) < 4.78 is 23.7. The standard InChI is InChI=1S/C22H21FO5/c1-3-27-20(25)22(21(26)28-4-2)17(14-10-12-16(23)13-11-14)18(22)19(24)15-8-6-5-7-9-15/h5-13,17-18H,3-4H2,1-2H3/t17-,18+/m1/s1. The number of Topliss-reactive ketones (excluding diaryl/α,β-unsaturated/α-hetero) is 1. The number of ketones is 1. The maximum atomic E-state index is 13.4. The van der Waals surface area contributed by atoms with Crippen LogP contribution >= 0.6 is 0 Å². The topological polar surface area (TPSA) is 69.7 Å². The molecule has 1 aliphatic rings. The first-order chi connectivity index (χ1) is 13.5. The van der Waals surface area contributed by atoms with Crippen molar-refractivity contribution in [3.05, 3.63) is 71.5 Å². The predicted octanol–water partition coefficient (Wildman–Crippen LogP) is 3.53. The van der Waals surface area contributed by atoms with Gasteiger partial charge >= 0.3 is 11.9 Å². The minimum atomic E-state index is -1.77. The second-order valence-electron chi connectivity index (χ2n) is 6.55. The number of ether oxygens (including phenoxy) is 2. The van der Waals surface area contributed by atoms with Crippen molar-refractivity contribution in [2.45, 2.75) is 19.8 Å². The van der Waals surface area contributed by atoms with Crippen LogP contribution in [0.15, 0.2) is 54.6 Å². The Bertz CT molecular complexity index is 858. The van der Waals surface area contributed by atoms with Crippen molar-refractivity contribution in [2.24, 2.45) is 11.3 Å².